The predicted octanol–water partition coefficient (Wildman–Crippen LogP) is 2.14. The Bertz CT molecular complexity index is 1060. The van der Waals surface area contributed by atoms with Gasteiger partial charge in [-0.3, -0.25) is 14.3 Å². The Labute approximate surface area is 173 Å². The topological polar surface area (TPSA) is 137 Å². The lowest BCUT2D eigenvalue weighted by Crippen LogP contribution is -2.20. The molecular formula is C18H20ClN3O6S. The number of carbonyl (C=O) groups excluding carboxylic acids is 2. The summed E-state index contributed by atoms with van der Waals surface area (Å²) in [5, 5.41) is 2.71. The van der Waals surface area contributed by atoms with E-state index in [1.165, 1.54) is 25.3 Å². The molecule has 0 radical (unpaired) electrons. The van der Waals surface area contributed by atoms with Gasteiger partial charge in [-0.2, -0.15) is 0 Å². The van der Waals surface area contributed by atoms with Crippen molar-refractivity contribution in [2.24, 2.45) is 5.73 Å². The average Bonchev–Trinajstić information content (AvgIpc) is 2.61. The summed E-state index contributed by atoms with van der Waals surface area (Å²) in [5.74, 6) is -0.977. The van der Waals surface area contributed by atoms with Crippen LogP contribution in [0, 0.1) is 6.92 Å². The van der Waals surface area contributed by atoms with Gasteiger partial charge in [0.15, 0.2) is 18.1 Å². The molecule has 0 saturated carbocycles. The number of hydrogen-bond donors (Lipinski definition) is 3. The van der Waals surface area contributed by atoms with Crippen LogP contribution in [0.5, 0.6) is 11.5 Å². The van der Waals surface area contributed by atoms with Gasteiger partial charge in [0.05, 0.1) is 24.1 Å². The zero-order valence-corrected chi connectivity index (χ0v) is 17.5. The zero-order chi connectivity index (χ0) is 21.8. The summed E-state index contributed by atoms with van der Waals surface area (Å²) < 4.78 is 35.7. The van der Waals surface area contributed by atoms with Crippen molar-refractivity contribution in [3.63, 3.8) is 0 Å². The van der Waals surface area contributed by atoms with Crippen LogP contribution < -0.4 is 25.2 Å². The van der Waals surface area contributed by atoms with Crippen molar-refractivity contribution in [3.05, 3.63) is 46.5 Å². The summed E-state index contributed by atoms with van der Waals surface area (Å²) in [6, 6.07) is 7.53. The van der Waals surface area contributed by atoms with Crippen molar-refractivity contribution in [3.8, 4) is 11.5 Å². The van der Waals surface area contributed by atoms with E-state index in [0.29, 0.717) is 16.9 Å². The van der Waals surface area contributed by atoms with Crippen LogP contribution in [-0.2, 0) is 14.8 Å². The second-order valence-corrected chi connectivity index (χ2v) is 8.26. The lowest BCUT2D eigenvalue weighted by Gasteiger charge is -2.14. The van der Waals surface area contributed by atoms with Gasteiger partial charge in [-0.1, -0.05) is 17.7 Å². The van der Waals surface area contributed by atoms with Gasteiger partial charge in [-0.05, 0) is 36.8 Å². The van der Waals surface area contributed by atoms with E-state index >= 15 is 0 Å². The van der Waals surface area contributed by atoms with Gasteiger partial charge in [-0.25, -0.2) is 8.42 Å². The number of carbonyl (C=O) groups is 2. The number of nitrogens with one attached hydrogen (secondary N) is 2. The van der Waals surface area contributed by atoms with Crippen LogP contribution >= 0.6 is 11.6 Å². The minimum absolute atomic E-state index is 0.0547. The first-order valence-corrected chi connectivity index (χ1v) is 10.5. The number of methoxy groups -OCH3 is 1. The molecule has 0 unspecified atom stereocenters. The smallest absolute Gasteiger partial charge is 0.255 e. The molecule has 0 aromatic heterocycles. The van der Waals surface area contributed by atoms with E-state index in [1.54, 1.807) is 19.1 Å². The molecule has 0 aliphatic rings. The van der Waals surface area contributed by atoms with Crippen molar-refractivity contribution in [2.75, 3.05) is 30.0 Å². The Kier molecular flexibility index (Phi) is 6.93. The maximum absolute atomic E-state index is 12.6. The molecule has 0 spiro atoms. The van der Waals surface area contributed by atoms with Gasteiger partial charge in [0, 0.05) is 11.3 Å². The molecule has 4 N–H and O–H groups in total. The number of benzene rings is 2. The normalized spacial score (nSPS) is 10.9. The molecule has 2 aromatic carbocycles. The SMILES string of the molecule is COc1cc(C(=O)Nc2ccc(C)c(NS(C)(=O)=O)c2)cc(Cl)c1OCC(N)=O. The molecule has 0 fully saturated rings. The number of aryl methyl sites for hydroxylation is 1. The summed E-state index contributed by atoms with van der Waals surface area (Å²) in [5.41, 5.74) is 6.62. The molecule has 2 amide bonds. The number of hydrogen-bond acceptors (Lipinski definition) is 6. The fraction of sp³-hybridized carbons (Fsp3) is 0.222. The summed E-state index contributed by atoms with van der Waals surface area (Å²) in [7, 11) is -2.12. The van der Waals surface area contributed by atoms with Gasteiger partial charge >= 0.3 is 0 Å². The Morgan fingerprint density at radius 1 is 1.21 bits per heavy atom. The largest absolute Gasteiger partial charge is 0.493 e. The van der Waals surface area contributed by atoms with Gasteiger partial charge in [0.2, 0.25) is 10.0 Å². The minimum Gasteiger partial charge on any atom is -0.493 e. The Balaban J connectivity index is 2.28. The van der Waals surface area contributed by atoms with Crippen molar-refractivity contribution >= 4 is 44.8 Å². The van der Waals surface area contributed by atoms with E-state index in [-0.39, 0.29) is 22.1 Å². The number of halogens is 1. The van der Waals surface area contributed by atoms with Gasteiger partial charge < -0.3 is 20.5 Å². The molecule has 0 aliphatic heterocycles. The average molecular weight is 442 g/mol. The second-order valence-electron chi connectivity index (χ2n) is 6.10. The highest BCUT2D eigenvalue weighted by atomic mass is 35.5. The first kappa shape index (κ1) is 22.3. The molecular weight excluding hydrogens is 422 g/mol. The number of rotatable bonds is 8. The monoisotopic (exact) mass is 441 g/mol. The maximum atomic E-state index is 12.6. The molecule has 9 nitrogen and oxygen atoms in total. The lowest BCUT2D eigenvalue weighted by atomic mass is 10.1. The fourth-order valence-electron chi connectivity index (χ4n) is 2.35. The zero-order valence-electron chi connectivity index (χ0n) is 15.9. The van der Waals surface area contributed by atoms with Crippen LogP contribution in [0.15, 0.2) is 30.3 Å². The highest BCUT2D eigenvalue weighted by Gasteiger charge is 2.17. The number of amides is 2. The molecule has 11 heteroatoms. The standard InChI is InChI=1S/C18H20ClN3O6S/c1-10-4-5-12(8-14(10)22-29(3,25)26)21-18(24)11-6-13(19)17(15(7-11)27-2)28-9-16(20)23/h4-8,22H,9H2,1-3H3,(H2,20,23)(H,21,24). The summed E-state index contributed by atoms with van der Waals surface area (Å²) in [6.45, 7) is 1.33. The van der Waals surface area contributed by atoms with Crippen LogP contribution in [0.25, 0.3) is 0 Å². The Morgan fingerprint density at radius 2 is 1.90 bits per heavy atom. The van der Waals surface area contributed by atoms with Gasteiger partial charge in [-0.15, -0.1) is 0 Å². The van der Waals surface area contributed by atoms with Crippen molar-refractivity contribution in [1.82, 2.24) is 0 Å². The van der Waals surface area contributed by atoms with E-state index in [9.17, 15) is 18.0 Å². The van der Waals surface area contributed by atoms with Crippen LogP contribution in [0.2, 0.25) is 5.02 Å². The summed E-state index contributed by atoms with van der Waals surface area (Å²) in [4.78, 5) is 23.5. The third-order valence-corrected chi connectivity index (χ3v) is 4.51. The van der Waals surface area contributed by atoms with Gasteiger partial charge in [0.1, 0.15) is 0 Å². The molecule has 0 saturated heterocycles. The molecule has 2 rings (SSSR count). The van der Waals surface area contributed by atoms with Crippen LogP contribution in [0.3, 0.4) is 0 Å². The predicted molar refractivity (Wildman–Crippen MR) is 110 cm³/mol. The number of nitrogens with two attached hydrogens (primary N) is 1. The van der Waals surface area contributed by atoms with E-state index in [0.717, 1.165) is 6.26 Å². The Morgan fingerprint density at radius 3 is 2.48 bits per heavy atom. The van der Waals surface area contributed by atoms with E-state index < -0.39 is 28.4 Å². The third-order valence-electron chi connectivity index (χ3n) is 3.64. The van der Waals surface area contributed by atoms with E-state index in [4.69, 9.17) is 26.8 Å². The fourth-order valence-corrected chi connectivity index (χ4v) is 3.23. The highest BCUT2D eigenvalue weighted by molar-refractivity contribution is 7.92. The second kappa shape index (κ2) is 9.01. The molecule has 29 heavy (non-hydrogen) atoms. The summed E-state index contributed by atoms with van der Waals surface area (Å²) >= 11 is 6.15. The summed E-state index contributed by atoms with van der Waals surface area (Å²) in [6.07, 6.45) is 1.04. The van der Waals surface area contributed by atoms with E-state index in [1.807, 2.05) is 0 Å². The maximum Gasteiger partial charge on any atom is 0.255 e. The minimum atomic E-state index is -3.47. The van der Waals surface area contributed by atoms with Crippen LogP contribution in [-0.4, -0.2) is 40.2 Å². The molecule has 0 heterocycles. The highest BCUT2D eigenvalue weighted by Crippen LogP contribution is 2.36. The number of primary amides is 1. The van der Waals surface area contributed by atoms with Crippen LogP contribution in [0.1, 0.15) is 15.9 Å². The first-order chi connectivity index (χ1) is 13.5. The van der Waals surface area contributed by atoms with Crippen molar-refractivity contribution < 1.29 is 27.5 Å². The van der Waals surface area contributed by atoms with E-state index in [2.05, 4.69) is 10.0 Å². The van der Waals surface area contributed by atoms with Crippen molar-refractivity contribution in [2.45, 2.75) is 6.92 Å². The van der Waals surface area contributed by atoms with Gasteiger partial charge in [0.25, 0.3) is 11.8 Å². The van der Waals surface area contributed by atoms with Crippen LogP contribution in [0.4, 0.5) is 11.4 Å². The lowest BCUT2D eigenvalue weighted by molar-refractivity contribution is -0.119. The number of sulfonamides is 1. The molecule has 0 bridgehead atoms. The molecule has 2 aromatic rings. The number of ether oxygens (including phenoxy) is 2. The first-order valence-electron chi connectivity index (χ1n) is 8.18. The quantitative estimate of drug-likeness (QED) is 0.574. The Hall–Kier alpha value is -2.98. The molecule has 0 aliphatic carbocycles. The number of anilines is 2. The molecule has 0 atom stereocenters. The molecule has 156 valence electrons. The third kappa shape index (κ3) is 6.26. The van der Waals surface area contributed by atoms with Crippen molar-refractivity contribution in [1.29, 1.82) is 0 Å².